The molecule has 7 aliphatic heterocycles. The number of morpholine rings is 6. The lowest BCUT2D eigenvalue weighted by atomic mass is 10.3. The monoisotopic (exact) mass is 2070 g/mol. The predicted molar refractivity (Wildman–Crippen MR) is 505 cm³/mol. The van der Waals surface area contributed by atoms with Gasteiger partial charge in [-0.3, -0.25) is 74.3 Å². The number of rotatable bonds is 35. The first-order valence-corrected chi connectivity index (χ1v) is 54.3. The summed E-state index contributed by atoms with van der Waals surface area (Å²) >= 11 is 0. The second kappa shape index (κ2) is 41.7. The van der Waals surface area contributed by atoms with Crippen molar-refractivity contribution < 1.29 is 83.0 Å². The van der Waals surface area contributed by atoms with Gasteiger partial charge < -0.3 is 88.8 Å². The third kappa shape index (κ3) is 21.0. The van der Waals surface area contributed by atoms with Crippen LogP contribution in [-0.2, 0) is 83.0 Å². The van der Waals surface area contributed by atoms with Crippen LogP contribution in [0.5, 0.6) is 0 Å². The van der Waals surface area contributed by atoms with Gasteiger partial charge in [0.25, 0.3) is 18.6 Å². The fourth-order valence-electron chi connectivity index (χ4n) is 17.5. The van der Waals surface area contributed by atoms with Crippen molar-refractivity contribution in [3.05, 3.63) is 116 Å². The Kier molecular flexibility index (Phi) is 30.6. The van der Waals surface area contributed by atoms with E-state index < -0.39 is 169 Å². The summed E-state index contributed by atoms with van der Waals surface area (Å²) in [6.45, 7) is 0.230. The lowest BCUT2D eigenvalue weighted by molar-refractivity contribution is -0.133. The Morgan fingerprint density at radius 2 is 0.750 bits per heavy atom. The number of imidazole rings is 4. The fourth-order valence-corrected chi connectivity index (χ4v) is 28.7. The number of nitrogens with zero attached hydrogens (tertiary/aromatic N) is 30. The topological polar surface area (TPSA) is 652 Å². The summed E-state index contributed by atoms with van der Waals surface area (Å²) in [5.74, 6) is 0.0832. The van der Waals surface area contributed by atoms with Gasteiger partial charge in [-0.25, -0.2) is 116 Å². The van der Waals surface area contributed by atoms with E-state index in [0.717, 1.165) is 4.57 Å². The Labute approximate surface area is 800 Å². The highest BCUT2D eigenvalue weighted by Gasteiger charge is 2.53. The Bertz CT molecular complexity index is 6720. The van der Waals surface area contributed by atoms with Crippen LogP contribution >= 0.6 is 45.9 Å². The number of nitrogens with two attached hydrogens (primary N) is 4. The molecule has 59 nitrogen and oxygen atoms in total. The molecule has 65 heteroatoms. The SMILES string of the molecule is Cc1cn(C2CN(P(=O)(OCC3CN(P(=O)(OCC4CN(P(=O)(OCC5CN(P(=O)(OCC6CN(P(=O)(OCC7CN(C)CC(n8cnc9c(=O)[nH]cnc98)O7)N(C)C)CC(n7cnc8c(N)ncnc87)O6)N6CCNCC6)CC(n6ccc(N)nc6=O)O5)N(C)C)CC(n5cnc6c(N)ncnc65)O4)N(C)C)CC(n4cnc5c(N)ncnc54)O3)N(C)C)CC(COP(C)(=O)N(C)C)O2)c(=O)[nH]c1=O. The van der Waals surface area contributed by atoms with Gasteiger partial charge in [0.05, 0.1) is 141 Å². The molecular formula is C75H117N37O22P6. The molecule has 10 aromatic heterocycles. The van der Waals surface area contributed by atoms with E-state index in [0.29, 0.717) is 31.8 Å². The van der Waals surface area contributed by atoms with E-state index in [4.69, 9.17) is 78.5 Å². The smallest absolute Gasteiger partial charge is 0.351 e. The number of likely N-dealkylation sites (N-methyl/N-ethyl adjacent to an activating group) is 1. The van der Waals surface area contributed by atoms with Crippen LogP contribution in [0.2, 0.25) is 0 Å². The predicted octanol–water partition coefficient (Wildman–Crippen LogP) is 0.0860. The molecule has 0 aromatic carbocycles. The second-order valence-corrected chi connectivity index (χ2v) is 51.1. The van der Waals surface area contributed by atoms with Crippen molar-refractivity contribution in [2.24, 2.45) is 0 Å². The number of aromatic amines is 2. The standard InChI is InChI=1S/C75H117N37O22P6/c1-47-20-108(75(116)94-72(47)113)57-29-102(22-49(131-57)33-123-135(13,117)95(2)3)136(118,96(4)5)125-35-50-23-103(30-58(132-50)110-43-89-61-65(77)81-39-84-68(61)110)138(120,98(8)9)126-36-51-24-104(31-59(133-51)111-44-90-62-66(78)82-40-85-69(62)111)139(121,99(10)11)127-37-53-26-106(28-56(130-53)107-17-14-54(76)93-74(107)115)140(122,101-18-15-80-16-19-101)128-38-52-25-105(32-60(134-52)112-45-91-63-67(79)83-41-86-70(63)112)137(119,97(6)7)124-34-48-21-100(12)27-55(129-48)109-46-92-64-71(109)87-42-88-73(64)114/h14,17,20,39-46,48-53,55-60,80H,15-16,18-19,21-38H2,1-13H3,(H2,76,93,115)(H2,77,81,84)(H2,78,82,85)(H2,79,83,86)(H,87,88,114)(H,94,113,116). The van der Waals surface area contributed by atoms with Gasteiger partial charge in [-0.1, -0.05) is 0 Å². The minimum Gasteiger partial charge on any atom is -0.383 e. The van der Waals surface area contributed by atoms with Gasteiger partial charge in [-0.2, -0.15) is 4.98 Å². The number of aryl methyl sites for hydroxylation is 1. The van der Waals surface area contributed by atoms with Gasteiger partial charge in [-0.15, -0.1) is 0 Å². The second-order valence-electron chi connectivity index (χ2n) is 35.7. The molecule has 10 aromatic rings. The number of nitrogens with one attached hydrogen (secondary N) is 3. The third-order valence-electron chi connectivity index (χ3n) is 25.0. The summed E-state index contributed by atoms with van der Waals surface area (Å²) in [5.41, 5.74) is 24.6. The van der Waals surface area contributed by atoms with Crippen molar-refractivity contribution >= 4 is 114 Å². The van der Waals surface area contributed by atoms with E-state index in [1.807, 2.05) is 11.9 Å². The zero-order valence-corrected chi connectivity index (χ0v) is 84.6. The minimum atomic E-state index is -4.49. The van der Waals surface area contributed by atoms with Crippen molar-refractivity contribution in [3.8, 4) is 0 Å². The first-order valence-electron chi connectivity index (χ1n) is 44.7. The van der Waals surface area contributed by atoms with Crippen molar-refractivity contribution in [3.63, 3.8) is 0 Å². The molecule has 0 aliphatic carbocycles. The number of hydrogen-bond acceptors (Lipinski definition) is 40. The van der Waals surface area contributed by atoms with E-state index in [1.165, 1.54) is 129 Å². The van der Waals surface area contributed by atoms with Crippen molar-refractivity contribution in [2.75, 3.05) is 251 Å². The number of anilines is 4. The number of H-pyrrole nitrogens is 2. The van der Waals surface area contributed by atoms with Crippen LogP contribution in [0.3, 0.4) is 0 Å². The normalized spacial score (nSPS) is 26.9. The molecular weight excluding hydrogens is 1960 g/mol. The average molecular weight is 2070 g/mol. The van der Waals surface area contributed by atoms with Crippen molar-refractivity contribution in [1.82, 2.24) is 159 Å². The van der Waals surface area contributed by atoms with Gasteiger partial charge in [-0.05, 0) is 90.5 Å². The molecule has 0 saturated carbocycles. The summed E-state index contributed by atoms with van der Waals surface area (Å²) in [4.78, 5) is 113. The number of hydrogen-bond donors (Lipinski definition) is 7. The number of piperazine rings is 1. The largest absolute Gasteiger partial charge is 0.383 e. The van der Waals surface area contributed by atoms with Gasteiger partial charge in [0.1, 0.15) is 66.3 Å². The van der Waals surface area contributed by atoms with Crippen molar-refractivity contribution in [1.29, 1.82) is 0 Å². The van der Waals surface area contributed by atoms with Crippen LogP contribution in [0, 0.1) is 6.92 Å². The van der Waals surface area contributed by atoms with Crippen molar-refractivity contribution in [2.45, 2.75) is 80.9 Å². The minimum absolute atomic E-state index is 0.0416. The molecule has 17 heterocycles. The summed E-state index contributed by atoms with van der Waals surface area (Å²) < 4.78 is 202. The van der Waals surface area contributed by atoms with Gasteiger partial charge in [0.2, 0.25) is 0 Å². The van der Waals surface area contributed by atoms with Crippen LogP contribution in [0.25, 0.3) is 44.7 Å². The zero-order chi connectivity index (χ0) is 99.6. The van der Waals surface area contributed by atoms with E-state index in [-0.39, 0.29) is 160 Å². The molecule has 7 fully saturated rings. The Hall–Kier alpha value is -8.86. The van der Waals surface area contributed by atoms with Crippen LogP contribution in [0.4, 0.5) is 23.3 Å². The summed E-state index contributed by atoms with van der Waals surface area (Å²) in [7, 11) is -7.71. The molecule has 0 spiro atoms. The first-order chi connectivity index (χ1) is 66.6. The van der Waals surface area contributed by atoms with Gasteiger partial charge >= 0.3 is 49.7 Å². The molecule has 764 valence electrons. The maximum Gasteiger partial charge on any atom is 0.351 e. The first kappa shape index (κ1) is 103. The molecule has 18 unspecified atom stereocenters. The summed E-state index contributed by atoms with van der Waals surface area (Å²) in [5, 5.41) is 3.34. The number of fused-ring (bicyclic) bond motifs is 4. The molecule has 0 amide bonds. The number of ether oxygens (including phenoxy) is 6. The number of aromatic nitrogens is 20. The fraction of sp³-hybridized carbons (Fsp3) is 0.627. The van der Waals surface area contributed by atoms with Crippen LogP contribution in [0.15, 0.2) is 88.3 Å². The highest BCUT2D eigenvalue weighted by molar-refractivity contribution is 7.56. The molecule has 18 atom stereocenters. The van der Waals surface area contributed by atoms with E-state index in [9.17, 15) is 23.7 Å². The molecule has 17 rings (SSSR count). The Balaban J connectivity index is 0.650. The molecule has 11 N–H and O–H groups in total. The van der Waals surface area contributed by atoms with Crippen LogP contribution in [0.1, 0.15) is 42.9 Å². The molecule has 7 saturated heterocycles. The Morgan fingerprint density at radius 3 is 1.15 bits per heavy atom. The average Bonchev–Trinajstić information content (AvgIpc) is 1.01. The Morgan fingerprint density at radius 1 is 0.400 bits per heavy atom. The maximum atomic E-state index is 17.1. The molecule has 0 bridgehead atoms. The van der Waals surface area contributed by atoms with E-state index in [1.54, 1.807) is 98.0 Å². The van der Waals surface area contributed by atoms with Gasteiger partial charge in [0, 0.05) is 96.6 Å². The molecule has 140 heavy (non-hydrogen) atoms. The molecule has 0 radical (unpaired) electrons. The van der Waals surface area contributed by atoms with Crippen LogP contribution in [-0.4, -0.2) is 419 Å². The van der Waals surface area contributed by atoms with E-state index >= 15 is 22.8 Å². The van der Waals surface area contributed by atoms with Crippen LogP contribution < -0.4 is 50.7 Å². The number of nitrogen functional groups attached to an aromatic ring is 4. The summed E-state index contributed by atoms with van der Waals surface area (Å²) in [6.07, 6.45) is 0.754. The lowest BCUT2D eigenvalue weighted by Crippen LogP contribution is -2.53. The van der Waals surface area contributed by atoms with Gasteiger partial charge in [0.15, 0.2) is 58.0 Å². The highest BCUT2D eigenvalue weighted by Crippen LogP contribution is 2.62. The van der Waals surface area contributed by atoms with E-state index in [2.05, 4.69) is 75.1 Å². The lowest BCUT2D eigenvalue weighted by Gasteiger charge is -2.47. The highest BCUT2D eigenvalue weighted by atomic mass is 31.2. The quantitative estimate of drug-likeness (QED) is 0.0259. The molecule has 7 aliphatic rings. The zero-order valence-electron chi connectivity index (χ0n) is 79.2. The summed E-state index contributed by atoms with van der Waals surface area (Å²) in [6, 6.07) is 1.40. The third-order valence-corrected chi connectivity index (χ3v) is 39.9. The maximum absolute atomic E-state index is 17.1.